The van der Waals surface area contributed by atoms with E-state index in [9.17, 15) is 4.79 Å². The number of benzene rings is 2. The monoisotopic (exact) mass is 323 g/mol. The number of hydrogen-bond donors (Lipinski definition) is 1. The highest BCUT2D eigenvalue weighted by Crippen LogP contribution is 2.23. The molecule has 0 bridgehead atoms. The molecule has 1 atom stereocenters. The maximum absolute atomic E-state index is 12.3. The van der Waals surface area contributed by atoms with Gasteiger partial charge in [0.05, 0.1) is 13.2 Å². The summed E-state index contributed by atoms with van der Waals surface area (Å²) in [4.78, 5) is 12.3. The largest absolute Gasteiger partial charge is 0.497 e. The van der Waals surface area contributed by atoms with Crippen LogP contribution in [0.2, 0.25) is 0 Å². The van der Waals surface area contributed by atoms with Gasteiger partial charge in [-0.2, -0.15) is 0 Å². The Morgan fingerprint density at radius 2 is 1.75 bits per heavy atom. The van der Waals surface area contributed by atoms with Crippen molar-refractivity contribution in [1.82, 2.24) is 5.32 Å². The number of carbonyl (C=O) groups excluding carboxylic acids is 1. The van der Waals surface area contributed by atoms with Gasteiger partial charge in [0.15, 0.2) is 0 Å². The lowest BCUT2D eigenvalue weighted by Gasteiger charge is -2.20. The topological polar surface area (TPSA) is 38.3 Å². The molecule has 0 aliphatic carbocycles. The second-order valence-electron chi connectivity index (χ2n) is 6.21. The van der Waals surface area contributed by atoms with E-state index < -0.39 is 0 Å². The highest BCUT2D eigenvalue weighted by molar-refractivity contribution is 5.92. The van der Waals surface area contributed by atoms with Crippen LogP contribution in [0.25, 0.3) is 6.08 Å². The molecule has 0 spiro atoms. The summed E-state index contributed by atoms with van der Waals surface area (Å²) in [7, 11) is 1.65. The van der Waals surface area contributed by atoms with E-state index in [0.29, 0.717) is 5.92 Å². The quantitative estimate of drug-likeness (QED) is 0.756. The zero-order valence-corrected chi connectivity index (χ0v) is 14.5. The summed E-state index contributed by atoms with van der Waals surface area (Å²) in [5.41, 5.74) is 2.10. The van der Waals surface area contributed by atoms with Crippen molar-refractivity contribution in [2.75, 3.05) is 7.11 Å². The first-order valence-corrected chi connectivity index (χ1v) is 8.26. The highest BCUT2D eigenvalue weighted by atomic mass is 16.5. The van der Waals surface area contributed by atoms with E-state index >= 15 is 0 Å². The van der Waals surface area contributed by atoms with Crippen LogP contribution in [-0.2, 0) is 4.79 Å². The van der Waals surface area contributed by atoms with Crippen LogP contribution >= 0.6 is 0 Å². The first kappa shape index (κ1) is 17.8. The molecule has 0 aromatic heterocycles. The summed E-state index contributed by atoms with van der Waals surface area (Å²) in [6.07, 6.45) is 4.30. The van der Waals surface area contributed by atoms with Crippen molar-refractivity contribution in [3.63, 3.8) is 0 Å². The number of hydrogen-bond acceptors (Lipinski definition) is 2. The highest BCUT2D eigenvalue weighted by Gasteiger charge is 2.15. The number of nitrogens with one attached hydrogen (secondary N) is 1. The van der Waals surface area contributed by atoms with Gasteiger partial charge in [-0.25, -0.2) is 0 Å². The fourth-order valence-corrected chi connectivity index (χ4v) is 2.54. The number of carbonyl (C=O) groups is 1. The van der Waals surface area contributed by atoms with Crippen LogP contribution in [0.3, 0.4) is 0 Å². The van der Waals surface area contributed by atoms with E-state index in [1.54, 1.807) is 13.2 Å². The van der Waals surface area contributed by atoms with E-state index in [4.69, 9.17) is 4.74 Å². The van der Waals surface area contributed by atoms with Crippen LogP contribution in [0.15, 0.2) is 60.7 Å². The fraction of sp³-hybridized carbons (Fsp3) is 0.286. The number of ether oxygens (including phenoxy) is 1. The van der Waals surface area contributed by atoms with Crippen LogP contribution in [0, 0.1) is 5.92 Å². The zero-order valence-electron chi connectivity index (χ0n) is 14.5. The molecule has 3 heteroatoms. The summed E-state index contributed by atoms with van der Waals surface area (Å²) in [5, 5.41) is 3.11. The third-order valence-electron chi connectivity index (χ3n) is 3.77. The third kappa shape index (κ3) is 5.58. The van der Waals surface area contributed by atoms with Gasteiger partial charge in [0, 0.05) is 6.08 Å². The summed E-state index contributed by atoms with van der Waals surface area (Å²) in [5.74, 6) is 1.22. The molecule has 1 unspecified atom stereocenters. The van der Waals surface area contributed by atoms with Gasteiger partial charge in [0.1, 0.15) is 5.75 Å². The Morgan fingerprint density at radius 1 is 1.08 bits per heavy atom. The van der Waals surface area contributed by atoms with Crippen molar-refractivity contribution in [3.05, 3.63) is 71.8 Å². The van der Waals surface area contributed by atoms with Crippen LogP contribution in [-0.4, -0.2) is 13.0 Å². The van der Waals surface area contributed by atoms with Gasteiger partial charge in [-0.3, -0.25) is 4.79 Å². The molecule has 126 valence electrons. The first-order chi connectivity index (χ1) is 11.6. The van der Waals surface area contributed by atoms with Gasteiger partial charge in [0.25, 0.3) is 0 Å². The van der Waals surface area contributed by atoms with Crippen molar-refractivity contribution in [2.24, 2.45) is 5.92 Å². The van der Waals surface area contributed by atoms with Crippen LogP contribution in [0.1, 0.15) is 37.4 Å². The summed E-state index contributed by atoms with van der Waals surface area (Å²) in [6, 6.07) is 17.7. The van der Waals surface area contributed by atoms with Gasteiger partial charge in [0.2, 0.25) is 5.91 Å². The summed E-state index contributed by atoms with van der Waals surface area (Å²) >= 11 is 0. The molecule has 0 aliphatic heterocycles. The smallest absolute Gasteiger partial charge is 0.244 e. The number of methoxy groups -OCH3 is 1. The minimum Gasteiger partial charge on any atom is -0.497 e. The van der Waals surface area contributed by atoms with Gasteiger partial charge in [-0.15, -0.1) is 0 Å². The SMILES string of the molecule is COc1ccc(C(CC(C)C)NC(=O)/C=C/c2ccccc2)cc1. The van der Waals surface area contributed by atoms with Gasteiger partial charge in [-0.1, -0.05) is 56.3 Å². The predicted octanol–water partition coefficient (Wildman–Crippen LogP) is 4.61. The van der Waals surface area contributed by atoms with E-state index in [-0.39, 0.29) is 11.9 Å². The summed E-state index contributed by atoms with van der Waals surface area (Å²) < 4.78 is 5.20. The third-order valence-corrected chi connectivity index (χ3v) is 3.77. The minimum absolute atomic E-state index is 0.0103. The Hall–Kier alpha value is -2.55. The lowest BCUT2D eigenvalue weighted by Crippen LogP contribution is -2.27. The molecule has 0 radical (unpaired) electrons. The van der Waals surface area contributed by atoms with Crippen molar-refractivity contribution in [3.8, 4) is 5.75 Å². The molecule has 2 rings (SSSR count). The number of rotatable bonds is 7. The predicted molar refractivity (Wildman–Crippen MR) is 98.8 cm³/mol. The van der Waals surface area contributed by atoms with Gasteiger partial charge < -0.3 is 10.1 Å². The van der Waals surface area contributed by atoms with Gasteiger partial charge in [-0.05, 0) is 41.7 Å². The van der Waals surface area contributed by atoms with E-state index in [2.05, 4.69) is 19.2 Å². The normalized spacial score (nSPS) is 12.3. The summed E-state index contributed by atoms with van der Waals surface area (Å²) in [6.45, 7) is 4.31. The second-order valence-corrected chi connectivity index (χ2v) is 6.21. The second kappa shape index (κ2) is 8.92. The minimum atomic E-state index is -0.0830. The molecule has 1 amide bonds. The Labute approximate surface area is 144 Å². The molecule has 1 N–H and O–H groups in total. The van der Waals surface area contributed by atoms with Crippen molar-refractivity contribution in [2.45, 2.75) is 26.3 Å². The molecule has 2 aromatic carbocycles. The zero-order chi connectivity index (χ0) is 17.4. The van der Waals surface area contributed by atoms with Crippen molar-refractivity contribution < 1.29 is 9.53 Å². The molecular weight excluding hydrogens is 298 g/mol. The van der Waals surface area contributed by atoms with Crippen LogP contribution in [0.4, 0.5) is 0 Å². The Balaban J connectivity index is 2.07. The molecular formula is C21H25NO2. The maximum Gasteiger partial charge on any atom is 0.244 e. The standard InChI is InChI=1S/C21H25NO2/c1-16(2)15-20(18-10-12-19(24-3)13-11-18)22-21(23)14-9-17-7-5-4-6-8-17/h4-14,16,20H,15H2,1-3H3,(H,22,23)/b14-9+. The molecule has 0 heterocycles. The average molecular weight is 323 g/mol. The Morgan fingerprint density at radius 3 is 2.33 bits per heavy atom. The average Bonchev–Trinajstić information content (AvgIpc) is 2.60. The Kier molecular flexibility index (Phi) is 6.62. The van der Waals surface area contributed by atoms with E-state index in [1.165, 1.54) is 0 Å². The molecule has 2 aromatic rings. The van der Waals surface area contributed by atoms with Crippen molar-refractivity contribution in [1.29, 1.82) is 0 Å². The molecule has 0 aliphatic rings. The van der Waals surface area contributed by atoms with Crippen LogP contribution < -0.4 is 10.1 Å². The van der Waals surface area contributed by atoms with Crippen molar-refractivity contribution >= 4 is 12.0 Å². The molecule has 24 heavy (non-hydrogen) atoms. The molecule has 0 saturated heterocycles. The molecule has 0 fully saturated rings. The Bertz CT molecular complexity index is 660. The molecule has 3 nitrogen and oxygen atoms in total. The van der Waals surface area contributed by atoms with E-state index in [0.717, 1.165) is 23.3 Å². The van der Waals surface area contributed by atoms with Gasteiger partial charge >= 0.3 is 0 Å². The fourth-order valence-electron chi connectivity index (χ4n) is 2.54. The number of amides is 1. The van der Waals surface area contributed by atoms with Crippen LogP contribution in [0.5, 0.6) is 5.75 Å². The van der Waals surface area contributed by atoms with E-state index in [1.807, 2.05) is 60.7 Å². The maximum atomic E-state index is 12.3. The first-order valence-electron chi connectivity index (χ1n) is 8.26. The lowest BCUT2D eigenvalue weighted by molar-refractivity contribution is -0.117. The lowest BCUT2D eigenvalue weighted by atomic mass is 9.97. The molecule has 0 saturated carbocycles.